The van der Waals surface area contributed by atoms with Gasteiger partial charge in [-0.05, 0) is 19.4 Å². The van der Waals surface area contributed by atoms with E-state index in [1.54, 1.807) is 13.0 Å². The summed E-state index contributed by atoms with van der Waals surface area (Å²) in [6.45, 7) is 5.79. The molecule has 6 nitrogen and oxygen atoms in total. The maximum atomic E-state index is 12.2. The first-order valence-corrected chi connectivity index (χ1v) is 7.90. The summed E-state index contributed by atoms with van der Waals surface area (Å²) >= 11 is 1.40. The Morgan fingerprint density at radius 1 is 1.52 bits per heavy atom. The molecule has 2 rings (SSSR count). The quantitative estimate of drug-likeness (QED) is 0.804. The van der Waals surface area contributed by atoms with E-state index in [2.05, 4.69) is 10.6 Å². The fraction of sp³-hybridized carbons (Fsp3) is 0.571. The molecule has 1 aliphatic rings. The fourth-order valence-electron chi connectivity index (χ4n) is 2.00. The molecule has 0 bridgehead atoms. The Labute approximate surface area is 127 Å². The Hall–Kier alpha value is -1.44. The predicted molar refractivity (Wildman–Crippen MR) is 80.9 cm³/mol. The zero-order valence-electron chi connectivity index (χ0n) is 12.2. The van der Waals surface area contributed by atoms with Gasteiger partial charge in [-0.2, -0.15) is 0 Å². The summed E-state index contributed by atoms with van der Waals surface area (Å²) in [5.41, 5.74) is 0.413. The van der Waals surface area contributed by atoms with Crippen molar-refractivity contribution < 1.29 is 19.1 Å². The molecular weight excluding hydrogens is 292 g/mol. The molecule has 0 aliphatic carbocycles. The number of carbonyl (C=O) groups excluding carboxylic acids is 2. The van der Waals surface area contributed by atoms with Crippen LogP contribution >= 0.6 is 11.3 Å². The Kier molecular flexibility index (Phi) is 5.72. The molecule has 1 aliphatic heterocycles. The molecule has 2 N–H and O–H groups in total. The molecule has 1 atom stereocenters. The monoisotopic (exact) mass is 312 g/mol. The molecule has 2 heterocycles. The maximum Gasteiger partial charge on any atom is 0.341 e. The molecule has 0 radical (unpaired) electrons. The summed E-state index contributed by atoms with van der Waals surface area (Å²) in [5.74, 6) is -0.649. The number of morpholine rings is 1. The number of anilines is 1. The van der Waals surface area contributed by atoms with Gasteiger partial charge in [0.25, 0.3) is 5.91 Å². The number of ether oxygens (including phenoxy) is 2. The lowest BCUT2D eigenvalue weighted by Gasteiger charge is -2.22. The highest BCUT2D eigenvalue weighted by molar-refractivity contribution is 7.16. The second-order valence-corrected chi connectivity index (χ2v) is 5.72. The Morgan fingerprint density at radius 2 is 2.33 bits per heavy atom. The predicted octanol–water partition coefficient (Wildman–Crippen LogP) is 1.41. The molecule has 1 fully saturated rings. The molecule has 1 saturated heterocycles. The number of esters is 1. The van der Waals surface area contributed by atoms with Crippen molar-refractivity contribution in [3.8, 4) is 0 Å². The summed E-state index contributed by atoms with van der Waals surface area (Å²) in [7, 11) is 0. The van der Waals surface area contributed by atoms with Gasteiger partial charge in [0.15, 0.2) is 0 Å². The summed E-state index contributed by atoms with van der Waals surface area (Å²) < 4.78 is 10.4. The average Bonchev–Trinajstić information content (AvgIpc) is 2.91. The van der Waals surface area contributed by atoms with E-state index in [0.717, 1.165) is 17.8 Å². The number of thiophene rings is 1. The van der Waals surface area contributed by atoms with E-state index in [1.807, 2.05) is 6.92 Å². The number of amides is 1. The van der Waals surface area contributed by atoms with E-state index < -0.39 is 12.1 Å². The van der Waals surface area contributed by atoms with Gasteiger partial charge in [-0.1, -0.05) is 6.92 Å². The minimum atomic E-state index is -0.527. The van der Waals surface area contributed by atoms with Crippen molar-refractivity contribution >= 4 is 28.2 Å². The first kappa shape index (κ1) is 15.9. The van der Waals surface area contributed by atoms with Crippen molar-refractivity contribution in [3.63, 3.8) is 0 Å². The summed E-state index contributed by atoms with van der Waals surface area (Å²) in [5, 5.41) is 6.42. The van der Waals surface area contributed by atoms with Crippen LogP contribution in [0.5, 0.6) is 0 Å². The maximum absolute atomic E-state index is 12.2. The molecule has 1 aromatic heterocycles. The van der Waals surface area contributed by atoms with Crippen molar-refractivity contribution in [1.29, 1.82) is 0 Å². The smallest absolute Gasteiger partial charge is 0.341 e. The summed E-state index contributed by atoms with van der Waals surface area (Å²) in [6.07, 6.45) is 0.273. The standard InChI is InChI=1S/C14H20N2O4S/c1-3-9-7-10(14(18)19-4-2)13(21-9)16-12(17)11-8-15-5-6-20-11/h7,11,15H,3-6,8H2,1-2H3,(H,16,17). The van der Waals surface area contributed by atoms with E-state index in [9.17, 15) is 9.59 Å². The van der Waals surface area contributed by atoms with Crippen LogP contribution in [-0.4, -0.2) is 44.3 Å². The van der Waals surface area contributed by atoms with Crippen molar-refractivity contribution in [2.45, 2.75) is 26.4 Å². The average molecular weight is 312 g/mol. The van der Waals surface area contributed by atoms with Crippen LogP contribution in [-0.2, 0) is 20.7 Å². The van der Waals surface area contributed by atoms with E-state index in [0.29, 0.717) is 30.3 Å². The summed E-state index contributed by atoms with van der Waals surface area (Å²) in [4.78, 5) is 25.1. The molecule has 116 valence electrons. The Morgan fingerprint density at radius 3 is 2.95 bits per heavy atom. The number of carbonyl (C=O) groups is 2. The molecule has 0 aromatic carbocycles. The third kappa shape index (κ3) is 4.03. The third-order valence-electron chi connectivity index (χ3n) is 3.08. The Bertz CT molecular complexity index is 509. The first-order chi connectivity index (χ1) is 10.2. The van der Waals surface area contributed by atoms with Gasteiger partial charge in [0.2, 0.25) is 0 Å². The molecule has 7 heteroatoms. The van der Waals surface area contributed by atoms with Gasteiger partial charge >= 0.3 is 5.97 Å². The van der Waals surface area contributed by atoms with Crippen LogP contribution in [0.4, 0.5) is 5.00 Å². The fourth-order valence-corrected chi connectivity index (χ4v) is 2.98. The van der Waals surface area contributed by atoms with Crippen LogP contribution in [0.15, 0.2) is 6.07 Å². The van der Waals surface area contributed by atoms with Crippen molar-refractivity contribution in [1.82, 2.24) is 5.32 Å². The largest absolute Gasteiger partial charge is 0.462 e. The van der Waals surface area contributed by atoms with Gasteiger partial charge in [0, 0.05) is 18.0 Å². The number of nitrogens with one attached hydrogen (secondary N) is 2. The molecule has 0 saturated carbocycles. The summed E-state index contributed by atoms with van der Waals surface area (Å²) in [6, 6.07) is 1.78. The van der Waals surface area contributed by atoms with Crippen molar-refractivity contribution in [2.75, 3.05) is 31.6 Å². The van der Waals surface area contributed by atoms with Gasteiger partial charge in [-0.3, -0.25) is 4.79 Å². The van der Waals surface area contributed by atoms with E-state index in [-0.39, 0.29) is 5.91 Å². The highest BCUT2D eigenvalue weighted by Crippen LogP contribution is 2.29. The Balaban J connectivity index is 2.12. The molecule has 1 amide bonds. The number of hydrogen-bond acceptors (Lipinski definition) is 6. The van der Waals surface area contributed by atoms with Crippen molar-refractivity contribution in [2.24, 2.45) is 0 Å². The van der Waals surface area contributed by atoms with Gasteiger partial charge < -0.3 is 20.1 Å². The van der Waals surface area contributed by atoms with Crippen LogP contribution in [0.2, 0.25) is 0 Å². The topological polar surface area (TPSA) is 76.7 Å². The molecular formula is C14H20N2O4S. The van der Waals surface area contributed by atoms with Gasteiger partial charge in [-0.25, -0.2) is 4.79 Å². The number of rotatable bonds is 5. The molecule has 1 aromatic rings. The lowest BCUT2D eigenvalue weighted by atomic mass is 10.2. The minimum absolute atomic E-state index is 0.239. The van der Waals surface area contributed by atoms with Crippen LogP contribution in [0.25, 0.3) is 0 Å². The van der Waals surface area contributed by atoms with Gasteiger partial charge in [0.1, 0.15) is 11.1 Å². The zero-order chi connectivity index (χ0) is 15.2. The van der Waals surface area contributed by atoms with Crippen LogP contribution in [0, 0.1) is 0 Å². The van der Waals surface area contributed by atoms with Crippen LogP contribution in [0.3, 0.4) is 0 Å². The zero-order valence-corrected chi connectivity index (χ0v) is 13.0. The molecule has 1 unspecified atom stereocenters. The normalized spacial score (nSPS) is 18.3. The van der Waals surface area contributed by atoms with E-state index >= 15 is 0 Å². The lowest BCUT2D eigenvalue weighted by molar-refractivity contribution is -0.128. The van der Waals surface area contributed by atoms with Gasteiger partial charge in [-0.15, -0.1) is 11.3 Å². The van der Waals surface area contributed by atoms with Crippen LogP contribution in [0.1, 0.15) is 29.1 Å². The lowest BCUT2D eigenvalue weighted by Crippen LogP contribution is -2.45. The second kappa shape index (κ2) is 7.53. The number of hydrogen-bond donors (Lipinski definition) is 2. The van der Waals surface area contributed by atoms with E-state index in [4.69, 9.17) is 9.47 Å². The minimum Gasteiger partial charge on any atom is -0.462 e. The van der Waals surface area contributed by atoms with Crippen molar-refractivity contribution in [3.05, 3.63) is 16.5 Å². The third-order valence-corrected chi connectivity index (χ3v) is 4.28. The second-order valence-electron chi connectivity index (χ2n) is 4.58. The highest BCUT2D eigenvalue weighted by atomic mass is 32.1. The van der Waals surface area contributed by atoms with Gasteiger partial charge in [0.05, 0.1) is 18.8 Å². The van der Waals surface area contributed by atoms with E-state index in [1.165, 1.54) is 11.3 Å². The molecule has 21 heavy (non-hydrogen) atoms. The highest BCUT2D eigenvalue weighted by Gasteiger charge is 2.25. The SMILES string of the molecule is CCOC(=O)c1cc(CC)sc1NC(=O)C1CNCCO1. The van der Waals surface area contributed by atoms with Crippen LogP contribution < -0.4 is 10.6 Å². The first-order valence-electron chi connectivity index (χ1n) is 7.08. The molecule has 0 spiro atoms. The number of aryl methyl sites for hydroxylation is 1.